The highest BCUT2D eigenvalue weighted by Crippen LogP contribution is 2.41. The second-order valence-electron chi connectivity index (χ2n) is 6.92. The summed E-state index contributed by atoms with van der Waals surface area (Å²) in [5.41, 5.74) is 10.9. The van der Waals surface area contributed by atoms with Crippen molar-refractivity contribution < 1.29 is 14.6 Å². The van der Waals surface area contributed by atoms with E-state index in [4.69, 9.17) is 10.5 Å². The molecule has 1 fully saturated rings. The third-order valence-electron chi connectivity index (χ3n) is 5.36. The summed E-state index contributed by atoms with van der Waals surface area (Å²) in [5, 5.41) is 13.2. The number of nitrogens with one attached hydrogen (secondary N) is 1. The molecule has 2 heterocycles. The first-order valence-corrected chi connectivity index (χ1v) is 8.84. The summed E-state index contributed by atoms with van der Waals surface area (Å²) >= 11 is 0. The van der Waals surface area contributed by atoms with Gasteiger partial charge in [-0.15, -0.1) is 0 Å². The molecule has 26 heavy (non-hydrogen) atoms. The predicted octanol–water partition coefficient (Wildman–Crippen LogP) is 3.38. The normalized spacial score (nSPS) is 20.1. The Balaban J connectivity index is 1.71. The van der Waals surface area contributed by atoms with Gasteiger partial charge in [-0.25, -0.2) is 0 Å². The maximum atomic E-state index is 12.0. The van der Waals surface area contributed by atoms with Crippen molar-refractivity contribution in [1.29, 1.82) is 0 Å². The Bertz CT molecular complexity index is 894. The van der Waals surface area contributed by atoms with Crippen LogP contribution in [0.4, 0.5) is 5.69 Å². The number of carbonyl (C=O) groups is 1. The summed E-state index contributed by atoms with van der Waals surface area (Å²) in [6.45, 7) is 3.19. The van der Waals surface area contributed by atoms with Gasteiger partial charge in [0.15, 0.2) is 0 Å². The van der Waals surface area contributed by atoms with Crippen molar-refractivity contribution in [2.75, 3.05) is 18.5 Å². The summed E-state index contributed by atoms with van der Waals surface area (Å²) in [4.78, 5) is 12.0. The van der Waals surface area contributed by atoms with Crippen molar-refractivity contribution in [3.8, 4) is 16.9 Å². The monoisotopic (exact) mass is 350 g/mol. The summed E-state index contributed by atoms with van der Waals surface area (Å²) in [5.74, 6) is 0.00155. The molecule has 0 unspecified atom stereocenters. The molecule has 0 bridgehead atoms. The van der Waals surface area contributed by atoms with Gasteiger partial charge in [0.25, 0.3) is 5.91 Å². The number of phenolic OH excluding ortho intramolecular Hbond substituents is 1. The SMILES string of the molecule is C/C=C1\C(=O)Nc2cc(O)c(-c3ccc(C4(N)CCOCC4)cc3)cc21. The van der Waals surface area contributed by atoms with Gasteiger partial charge in [-0.3, -0.25) is 4.79 Å². The van der Waals surface area contributed by atoms with E-state index >= 15 is 0 Å². The van der Waals surface area contributed by atoms with Crippen LogP contribution in [-0.2, 0) is 15.1 Å². The number of fused-ring (bicyclic) bond motifs is 1. The summed E-state index contributed by atoms with van der Waals surface area (Å²) < 4.78 is 5.42. The van der Waals surface area contributed by atoms with Crippen molar-refractivity contribution >= 4 is 17.2 Å². The Morgan fingerprint density at radius 2 is 1.85 bits per heavy atom. The van der Waals surface area contributed by atoms with E-state index in [9.17, 15) is 9.90 Å². The molecule has 134 valence electrons. The van der Waals surface area contributed by atoms with Crippen molar-refractivity contribution in [2.24, 2.45) is 5.73 Å². The smallest absolute Gasteiger partial charge is 0.256 e. The standard InChI is InChI=1S/C21H22N2O3/c1-2-15-17-11-16(19(24)12-18(17)23-20(15)25)13-3-5-14(6-4-13)21(22)7-9-26-10-8-21/h2-6,11-12,24H,7-10,22H2,1H3,(H,23,25)/b15-2-. The number of hydrogen-bond acceptors (Lipinski definition) is 4. The molecule has 2 aliphatic heterocycles. The molecule has 4 N–H and O–H groups in total. The third-order valence-corrected chi connectivity index (χ3v) is 5.36. The van der Waals surface area contributed by atoms with Gasteiger partial charge in [-0.05, 0) is 37.0 Å². The fourth-order valence-electron chi connectivity index (χ4n) is 3.75. The molecule has 0 atom stereocenters. The average Bonchev–Trinajstić information content (AvgIpc) is 2.95. The molecule has 5 nitrogen and oxygen atoms in total. The average molecular weight is 350 g/mol. The molecule has 1 saturated heterocycles. The van der Waals surface area contributed by atoms with Crippen LogP contribution in [0.1, 0.15) is 30.9 Å². The number of benzene rings is 2. The number of ether oxygens (including phenoxy) is 1. The molecular formula is C21H22N2O3. The molecular weight excluding hydrogens is 328 g/mol. The highest BCUT2D eigenvalue weighted by atomic mass is 16.5. The fourth-order valence-corrected chi connectivity index (χ4v) is 3.75. The Morgan fingerprint density at radius 3 is 2.50 bits per heavy atom. The molecule has 1 amide bonds. The van der Waals surface area contributed by atoms with E-state index < -0.39 is 0 Å². The minimum Gasteiger partial charge on any atom is -0.507 e. The second-order valence-corrected chi connectivity index (χ2v) is 6.92. The minimum absolute atomic E-state index is 0.140. The van der Waals surface area contributed by atoms with Gasteiger partial charge in [0.1, 0.15) is 5.75 Å². The van der Waals surface area contributed by atoms with Gasteiger partial charge in [-0.1, -0.05) is 30.3 Å². The zero-order chi connectivity index (χ0) is 18.3. The number of nitrogens with two attached hydrogens (primary N) is 1. The lowest BCUT2D eigenvalue weighted by Crippen LogP contribution is -2.42. The molecule has 2 aliphatic rings. The van der Waals surface area contributed by atoms with Crippen LogP contribution < -0.4 is 11.1 Å². The van der Waals surface area contributed by atoms with Crippen LogP contribution in [0.3, 0.4) is 0 Å². The Labute approximate surface area is 152 Å². The van der Waals surface area contributed by atoms with Gasteiger partial charge in [0.05, 0.1) is 5.69 Å². The van der Waals surface area contributed by atoms with E-state index in [-0.39, 0.29) is 17.2 Å². The van der Waals surface area contributed by atoms with Crippen molar-refractivity contribution in [3.63, 3.8) is 0 Å². The van der Waals surface area contributed by atoms with E-state index in [1.54, 1.807) is 12.1 Å². The molecule has 5 heteroatoms. The first-order chi connectivity index (χ1) is 12.5. The first-order valence-electron chi connectivity index (χ1n) is 8.84. The number of anilines is 1. The van der Waals surface area contributed by atoms with Gasteiger partial charge >= 0.3 is 0 Å². The third kappa shape index (κ3) is 2.69. The van der Waals surface area contributed by atoms with Crippen LogP contribution in [0.15, 0.2) is 42.5 Å². The van der Waals surface area contributed by atoms with Crippen LogP contribution in [0.5, 0.6) is 5.75 Å². The molecule has 0 spiro atoms. The zero-order valence-electron chi connectivity index (χ0n) is 14.7. The molecule has 2 aromatic rings. The van der Waals surface area contributed by atoms with Crippen LogP contribution in [0.2, 0.25) is 0 Å². The Kier molecular flexibility index (Phi) is 4.05. The largest absolute Gasteiger partial charge is 0.507 e. The number of allylic oxidation sites excluding steroid dienone is 1. The van der Waals surface area contributed by atoms with Crippen molar-refractivity contribution in [3.05, 3.63) is 53.6 Å². The van der Waals surface area contributed by atoms with Gasteiger partial charge in [0, 0.05) is 41.5 Å². The van der Waals surface area contributed by atoms with Gasteiger partial charge in [0.2, 0.25) is 0 Å². The van der Waals surface area contributed by atoms with E-state index in [0.29, 0.717) is 30.0 Å². The van der Waals surface area contributed by atoms with Crippen molar-refractivity contribution in [2.45, 2.75) is 25.3 Å². The number of amides is 1. The summed E-state index contributed by atoms with van der Waals surface area (Å²) in [6.07, 6.45) is 3.39. The van der Waals surface area contributed by atoms with Crippen molar-refractivity contribution in [1.82, 2.24) is 0 Å². The lowest BCUT2D eigenvalue weighted by atomic mass is 9.83. The summed E-state index contributed by atoms with van der Waals surface area (Å²) in [6, 6.07) is 11.5. The lowest BCUT2D eigenvalue weighted by molar-refractivity contribution is -0.110. The topological polar surface area (TPSA) is 84.6 Å². The van der Waals surface area contributed by atoms with E-state index in [2.05, 4.69) is 5.32 Å². The molecule has 0 aliphatic carbocycles. The van der Waals surface area contributed by atoms with Crippen LogP contribution in [0, 0.1) is 0 Å². The number of carbonyl (C=O) groups excluding carboxylic acids is 1. The highest BCUT2D eigenvalue weighted by Gasteiger charge is 2.30. The molecule has 2 aromatic carbocycles. The van der Waals surface area contributed by atoms with Crippen LogP contribution >= 0.6 is 0 Å². The maximum absolute atomic E-state index is 12.0. The predicted molar refractivity (Wildman–Crippen MR) is 102 cm³/mol. The fraction of sp³-hybridized carbons (Fsp3) is 0.286. The van der Waals surface area contributed by atoms with Gasteiger partial charge in [-0.2, -0.15) is 0 Å². The Morgan fingerprint density at radius 1 is 1.15 bits per heavy atom. The number of rotatable bonds is 2. The molecule has 0 radical (unpaired) electrons. The lowest BCUT2D eigenvalue weighted by Gasteiger charge is -2.34. The second kappa shape index (κ2) is 6.27. The molecule has 0 saturated carbocycles. The number of phenols is 1. The first kappa shape index (κ1) is 16.8. The van der Waals surface area contributed by atoms with E-state index in [1.807, 2.05) is 37.3 Å². The minimum atomic E-state index is -0.356. The van der Waals surface area contributed by atoms with E-state index in [0.717, 1.165) is 29.5 Å². The quantitative estimate of drug-likeness (QED) is 0.725. The van der Waals surface area contributed by atoms with Crippen LogP contribution in [0.25, 0.3) is 16.7 Å². The highest BCUT2D eigenvalue weighted by molar-refractivity contribution is 6.31. The number of hydrogen-bond donors (Lipinski definition) is 3. The number of aromatic hydroxyl groups is 1. The summed E-state index contributed by atoms with van der Waals surface area (Å²) in [7, 11) is 0. The van der Waals surface area contributed by atoms with Gasteiger partial charge < -0.3 is 20.9 Å². The molecule has 4 rings (SSSR count). The Hall–Kier alpha value is -2.63. The molecule has 0 aromatic heterocycles. The van der Waals surface area contributed by atoms with E-state index in [1.165, 1.54) is 0 Å². The zero-order valence-corrected chi connectivity index (χ0v) is 14.7. The van der Waals surface area contributed by atoms with Crippen LogP contribution in [-0.4, -0.2) is 24.2 Å². The maximum Gasteiger partial charge on any atom is 0.256 e.